The maximum atomic E-state index is 11.4. The number of hydrogen-bond donors (Lipinski definition) is 1. The maximum absolute atomic E-state index is 11.4. The molecule has 1 aromatic carbocycles. The number of carbonyl (C=O) groups excluding carboxylic acids is 1. The van der Waals surface area contributed by atoms with E-state index in [1.165, 1.54) is 0 Å². The fourth-order valence-corrected chi connectivity index (χ4v) is 2.20. The maximum Gasteiger partial charge on any atom is 0.431 e. The zero-order valence-corrected chi connectivity index (χ0v) is 15.0. The zero-order valence-electron chi connectivity index (χ0n) is 11.8. The summed E-state index contributed by atoms with van der Waals surface area (Å²) in [5.41, 5.74) is 5.07. The Kier molecular flexibility index (Phi) is 6.99. The summed E-state index contributed by atoms with van der Waals surface area (Å²) in [5.74, 6) is 0. The van der Waals surface area contributed by atoms with Crippen LogP contribution in [0.2, 0.25) is 0 Å². The van der Waals surface area contributed by atoms with Crippen LogP contribution >= 0.6 is 31.9 Å². The van der Waals surface area contributed by atoms with Gasteiger partial charge in [-0.3, -0.25) is 4.84 Å². The highest BCUT2D eigenvalue weighted by Gasteiger charge is 2.16. The van der Waals surface area contributed by atoms with E-state index in [1.54, 1.807) is 20.8 Å². The minimum absolute atomic E-state index is 0.292. The van der Waals surface area contributed by atoms with E-state index in [9.17, 15) is 4.79 Å². The lowest BCUT2D eigenvalue weighted by atomic mass is 10.1. The highest BCUT2D eigenvalue weighted by molar-refractivity contribution is 9.08. The van der Waals surface area contributed by atoms with Gasteiger partial charge in [0.05, 0.1) is 6.61 Å². The predicted octanol–water partition coefficient (Wildman–Crippen LogP) is 4.43. The molecule has 0 aliphatic heterocycles. The van der Waals surface area contributed by atoms with Crippen LogP contribution in [0.5, 0.6) is 0 Å². The molecule has 0 saturated carbocycles. The standard InChI is InChI=1S/C14H19Br2NO3/c1-14(2,3)20-13(18)17-19-9-12-5-10(7-15)4-11(6-12)8-16/h4-6H,7-9H2,1-3H3,(H,17,18). The number of nitrogens with one attached hydrogen (secondary N) is 1. The molecule has 0 unspecified atom stereocenters. The first-order valence-corrected chi connectivity index (χ1v) is 8.43. The fraction of sp³-hybridized carbons (Fsp3) is 0.500. The topological polar surface area (TPSA) is 47.6 Å². The molecule has 1 N–H and O–H groups in total. The molecule has 4 nitrogen and oxygen atoms in total. The van der Waals surface area contributed by atoms with Gasteiger partial charge in [-0.1, -0.05) is 50.1 Å². The quantitative estimate of drug-likeness (QED) is 0.578. The van der Waals surface area contributed by atoms with Crippen LogP contribution in [-0.2, 0) is 26.8 Å². The number of hydroxylamine groups is 1. The number of alkyl halides is 2. The van der Waals surface area contributed by atoms with E-state index in [4.69, 9.17) is 9.57 Å². The van der Waals surface area contributed by atoms with Crippen LogP contribution < -0.4 is 5.48 Å². The van der Waals surface area contributed by atoms with Crippen molar-refractivity contribution < 1.29 is 14.4 Å². The van der Waals surface area contributed by atoms with Crippen molar-refractivity contribution in [1.82, 2.24) is 5.48 Å². The number of hydrogen-bond acceptors (Lipinski definition) is 3. The highest BCUT2D eigenvalue weighted by Crippen LogP contribution is 2.16. The Morgan fingerprint density at radius 3 is 2.05 bits per heavy atom. The van der Waals surface area contributed by atoms with Gasteiger partial charge in [0.25, 0.3) is 0 Å². The van der Waals surface area contributed by atoms with Crippen molar-refractivity contribution in [2.45, 2.75) is 43.6 Å². The molecule has 0 aliphatic carbocycles. The molecule has 1 amide bonds. The van der Waals surface area contributed by atoms with E-state index in [2.05, 4.69) is 43.4 Å². The smallest absolute Gasteiger partial charge is 0.431 e. The fourth-order valence-electron chi connectivity index (χ4n) is 1.55. The van der Waals surface area contributed by atoms with Gasteiger partial charge in [-0.2, -0.15) is 5.48 Å². The Bertz CT molecular complexity index is 436. The molecule has 0 heterocycles. The second-order valence-electron chi connectivity index (χ2n) is 5.32. The first-order chi connectivity index (χ1) is 9.34. The summed E-state index contributed by atoms with van der Waals surface area (Å²) in [6, 6.07) is 6.16. The summed E-state index contributed by atoms with van der Waals surface area (Å²) in [4.78, 5) is 16.6. The number of rotatable bonds is 5. The van der Waals surface area contributed by atoms with Gasteiger partial charge in [0.1, 0.15) is 5.60 Å². The first kappa shape index (κ1) is 17.5. The molecule has 20 heavy (non-hydrogen) atoms. The molecule has 0 aliphatic rings. The molecule has 0 fully saturated rings. The van der Waals surface area contributed by atoms with Crippen LogP contribution in [0.1, 0.15) is 37.5 Å². The first-order valence-electron chi connectivity index (χ1n) is 6.18. The number of ether oxygens (including phenoxy) is 1. The molecule has 0 aromatic heterocycles. The van der Waals surface area contributed by atoms with Crippen LogP contribution in [0, 0.1) is 0 Å². The third kappa shape index (κ3) is 6.72. The molecular weight excluding hydrogens is 390 g/mol. The summed E-state index contributed by atoms with van der Waals surface area (Å²) in [5, 5.41) is 1.56. The Morgan fingerprint density at radius 2 is 1.60 bits per heavy atom. The van der Waals surface area contributed by atoms with Gasteiger partial charge in [-0.25, -0.2) is 4.79 Å². The third-order valence-corrected chi connectivity index (χ3v) is 3.51. The largest absolute Gasteiger partial charge is 0.442 e. The van der Waals surface area contributed by atoms with Gasteiger partial charge >= 0.3 is 6.09 Å². The normalized spacial score (nSPS) is 11.2. The Hall–Kier alpha value is -0.590. The monoisotopic (exact) mass is 407 g/mol. The van der Waals surface area contributed by atoms with E-state index < -0.39 is 11.7 Å². The Morgan fingerprint density at radius 1 is 1.10 bits per heavy atom. The minimum Gasteiger partial charge on any atom is -0.442 e. The van der Waals surface area contributed by atoms with Crippen molar-refractivity contribution >= 4 is 38.0 Å². The van der Waals surface area contributed by atoms with E-state index in [1.807, 2.05) is 12.1 Å². The molecule has 6 heteroatoms. The molecular formula is C14H19Br2NO3. The van der Waals surface area contributed by atoms with E-state index in [0.717, 1.165) is 27.4 Å². The number of halogens is 2. The van der Waals surface area contributed by atoms with Gasteiger partial charge < -0.3 is 4.74 Å². The van der Waals surface area contributed by atoms with Gasteiger partial charge in [-0.05, 0) is 37.5 Å². The van der Waals surface area contributed by atoms with Crippen LogP contribution in [0.4, 0.5) is 4.79 Å². The van der Waals surface area contributed by atoms with Crippen molar-refractivity contribution in [1.29, 1.82) is 0 Å². The van der Waals surface area contributed by atoms with Crippen molar-refractivity contribution in [3.63, 3.8) is 0 Å². The molecule has 0 radical (unpaired) electrons. The van der Waals surface area contributed by atoms with Gasteiger partial charge in [-0.15, -0.1) is 0 Å². The summed E-state index contributed by atoms with van der Waals surface area (Å²) >= 11 is 6.87. The lowest BCUT2D eigenvalue weighted by molar-refractivity contribution is -0.0137. The van der Waals surface area contributed by atoms with Crippen molar-refractivity contribution in [3.8, 4) is 0 Å². The number of carbonyl (C=O) groups is 1. The highest BCUT2D eigenvalue weighted by atomic mass is 79.9. The van der Waals surface area contributed by atoms with E-state index in [0.29, 0.717) is 6.61 Å². The number of benzene rings is 1. The van der Waals surface area contributed by atoms with Crippen molar-refractivity contribution in [2.24, 2.45) is 0 Å². The predicted molar refractivity (Wildman–Crippen MR) is 85.9 cm³/mol. The van der Waals surface area contributed by atoms with E-state index in [-0.39, 0.29) is 0 Å². The van der Waals surface area contributed by atoms with Crippen LogP contribution in [-0.4, -0.2) is 11.7 Å². The second kappa shape index (κ2) is 8.00. The molecule has 0 atom stereocenters. The Labute approximate surface area is 136 Å². The zero-order chi connectivity index (χ0) is 15.2. The summed E-state index contributed by atoms with van der Waals surface area (Å²) < 4.78 is 5.08. The lowest BCUT2D eigenvalue weighted by Crippen LogP contribution is -2.32. The van der Waals surface area contributed by atoms with Gasteiger partial charge in [0.15, 0.2) is 0 Å². The SMILES string of the molecule is CC(C)(C)OC(=O)NOCc1cc(CBr)cc(CBr)c1. The Balaban J connectivity index is 2.51. The molecule has 1 aromatic rings. The van der Waals surface area contributed by atoms with Crippen LogP contribution in [0.3, 0.4) is 0 Å². The van der Waals surface area contributed by atoms with Crippen molar-refractivity contribution in [3.05, 3.63) is 34.9 Å². The second-order valence-corrected chi connectivity index (χ2v) is 6.44. The average molecular weight is 409 g/mol. The molecule has 112 valence electrons. The molecule has 0 spiro atoms. The lowest BCUT2D eigenvalue weighted by Gasteiger charge is -2.19. The third-order valence-electron chi connectivity index (χ3n) is 2.21. The van der Waals surface area contributed by atoms with Crippen LogP contribution in [0.15, 0.2) is 18.2 Å². The average Bonchev–Trinajstić information content (AvgIpc) is 2.36. The van der Waals surface area contributed by atoms with E-state index >= 15 is 0 Å². The summed E-state index contributed by atoms with van der Waals surface area (Å²) in [7, 11) is 0. The van der Waals surface area contributed by atoms with Gasteiger partial charge in [0, 0.05) is 10.7 Å². The minimum atomic E-state index is -0.588. The number of amides is 1. The van der Waals surface area contributed by atoms with Crippen molar-refractivity contribution in [2.75, 3.05) is 0 Å². The molecule has 0 bridgehead atoms. The molecule has 0 saturated heterocycles. The summed E-state index contributed by atoms with van der Waals surface area (Å²) in [6.45, 7) is 5.69. The molecule has 1 rings (SSSR count). The summed E-state index contributed by atoms with van der Waals surface area (Å²) in [6.07, 6.45) is -0.588. The van der Waals surface area contributed by atoms with Crippen LogP contribution in [0.25, 0.3) is 0 Å². The van der Waals surface area contributed by atoms with Gasteiger partial charge in [0.2, 0.25) is 0 Å².